The predicted molar refractivity (Wildman–Crippen MR) is 83.6 cm³/mol. The molecule has 2 amide bonds. The van der Waals surface area contributed by atoms with E-state index in [1.807, 2.05) is 0 Å². The van der Waals surface area contributed by atoms with Gasteiger partial charge in [-0.25, -0.2) is 18.4 Å². The van der Waals surface area contributed by atoms with Crippen LogP contribution in [0.4, 0.5) is 10.5 Å². The number of primary sulfonamides is 1. The Balaban J connectivity index is 1.84. The minimum atomic E-state index is -3.76. The summed E-state index contributed by atoms with van der Waals surface area (Å²) in [4.78, 5) is 15.8. The number of anilines is 1. The van der Waals surface area contributed by atoms with Gasteiger partial charge in [0.1, 0.15) is 0 Å². The number of benzene rings is 1. The highest BCUT2D eigenvalue weighted by atomic mass is 32.2. The quantitative estimate of drug-likeness (QED) is 0.643. The summed E-state index contributed by atoms with van der Waals surface area (Å²) in [6, 6.07) is 4.95. The number of rotatable bonds is 7. The molecule has 1 aromatic carbocycles. The maximum absolute atomic E-state index is 11.8. The number of carbonyl (C=O) groups excluding carboxylic acids is 1. The molecule has 10 nitrogen and oxygen atoms in total. The summed E-state index contributed by atoms with van der Waals surface area (Å²) in [5.41, 5.74) is 0.411. The predicted octanol–water partition coefficient (Wildman–Crippen LogP) is 0.228. The van der Waals surface area contributed by atoms with Gasteiger partial charge in [-0.15, -0.1) is 0 Å². The Morgan fingerprint density at radius 1 is 1.33 bits per heavy atom. The van der Waals surface area contributed by atoms with Crippen LogP contribution in [0.3, 0.4) is 0 Å². The molecule has 0 spiro atoms. The molecule has 1 aromatic heterocycles. The molecule has 0 aliphatic rings. The van der Waals surface area contributed by atoms with Crippen LogP contribution < -0.4 is 15.8 Å². The van der Waals surface area contributed by atoms with Crippen LogP contribution in [0.15, 0.2) is 33.7 Å². The number of sulfonamides is 1. The van der Waals surface area contributed by atoms with Gasteiger partial charge in [-0.3, -0.25) is 0 Å². The summed E-state index contributed by atoms with van der Waals surface area (Å²) in [5, 5.41) is 13.8. The van der Waals surface area contributed by atoms with E-state index in [0.29, 0.717) is 30.4 Å². The number of nitrogens with one attached hydrogen (secondary N) is 2. The SMILES string of the molecule is COCCc1nc(CNC(=O)Nc2ccc(S(N)(=O)=O)cc2)no1. The van der Waals surface area contributed by atoms with Gasteiger partial charge in [0, 0.05) is 12.8 Å². The Morgan fingerprint density at radius 3 is 2.67 bits per heavy atom. The number of nitrogens with two attached hydrogens (primary N) is 1. The molecule has 130 valence electrons. The lowest BCUT2D eigenvalue weighted by molar-refractivity contribution is 0.192. The average Bonchev–Trinajstić information content (AvgIpc) is 2.98. The van der Waals surface area contributed by atoms with E-state index in [-0.39, 0.29) is 11.4 Å². The number of aromatic nitrogens is 2. The third-order valence-electron chi connectivity index (χ3n) is 2.88. The highest BCUT2D eigenvalue weighted by molar-refractivity contribution is 7.89. The maximum Gasteiger partial charge on any atom is 0.319 e. The zero-order valence-electron chi connectivity index (χ0n) is 12.9. The lowest BCUT2D eigenvalue weighted by Gasteiger charge is -2.06. The lowest BCUT2D eigenvalue weighted by atomic mass is 10.3. The maximum atomic E-state index is 11.8. The van der Waals surface area contributed by atoms with E-state index in [1.165, 1.54) is 24.3 Å². The van der Waals surface area contributed by atoms with Crippen molar-refractivity contribution in [2.45, 2.75) is 17.9 Å². The summed E-state index contributed by atoms with van der Waals surface area (Å²) >= 11 is 0. The number of hydrogen-bond donors (Lipinski definition) is 3. The number of urea groups is 1. The lowest BCUT2D eigenvalue weighted by Crippen LogP contribution is -2.28. The molecule has 0 radical (unpaired) electrons. The van der Waals surface area contributed by atoms with Gasteiger partial charge in [-0.05, 0) is 24.3 Å². The van der Waals surface area contributed by atoms with Crippen molar-refractivity contribution in [3.05, 3.63) is 36.0 Å². The van der Waals surface area contributed by atoms with Crippen molar-refractivity contribution in [2.24, 2.45) is 5.14 Å². The van der Waals surface area contributed by atoms with Gasteiger partial charge in [0.15, 0.2) is 5.82 Å². The third-order valence-corrected chi connectivity index (χ3v) is 3.81. The molecule has 11 heteroatoms. The third kappa shape index (κ3) is 5.30. The van der Waals surface area contributed by atoms with E-state index in [0.717, 1.165) is 0 Å². The number of hydrogen-bond acceptors (Lipinski definition) is 7. The molecule has 0 aliphatic carbocycles. The van der Waals surface area contributed by atoms with E-state index in [2.05, 4.69) is 20.8 Å². The normalized spacial score (nSPS) is 11.2. The van der Waals surface area contributed by atoms with E-state index >= 15 is 0 Å². The molecule has 0 saturated heterocycles. The molecular formula is C13H17N5O5S. The number of amides is 2. The van der Waals surface area contributed by atoms with Crippen molar-refractivity contribution in [1.82, 2.24) is 15.5 Å². The number of carbonyl (C=O) groups is 1. The van der Waals surface area contributed by atoms with Gasteiger partial charge >= 0.3 is 6.03 Å². The molecule has 1 heterocycles. The molecule has 0 unspecified atom stereocenters. The summed E-state index contributed by atoms with van der Waals surface area (Å²) in [5.74, 6) is 0.758. The first kappa shape index (κ1) is 17.8. The molecule has 0 saturated carbocycles. The Labute approximate surface area is 138 Å². The van der Waals surface area contributed by atoms with Crippen LogP contribution in [0.25, 0.3) is 0 Å². The van der Waals surface area contributed by atoms with E-state index < -0.39 is 16.1 Å². The van der Waals surface area contributed by atoms with E-state index in [9.17, 15) is 13.2 Å². The van der Waals surface area contributed by atoms with Crippen LogP contribution in [0, 0.1) is 0 Å². The first-order valence-corrected chi connectivity index (χ1v) is 8.41. The minimum absolute atomic E-state index is 0.0381. The first-order chi connectivity index (χ1) is 11.4. The molecule has 0 fully saturated rings. The van der Waals surface area contributed by atoms with Gasteiger partial charge in [0.2, 0.25) is 15.9 Å². The van der Waals surface area contributed by atoms with Crippen LogP contribution in [0.5, 0.6) is 0 Å². The van der Waals surface area contributed by atoms with E-state index in [4.69, 9.17) is 14.4 Å². The van der Waals surface area contributed by atoms with Crippen molar-refractivity contribution in [3.8, 4) is 0 Å². The Bertz CT molecular complexity index is 787. The summed E-state index contributed by atoms with van der Waals surface area (Å²) in [6.07, 6.45) is 0.492. The van der Waals surface area contributed by atoms with Crippen LogP contribution in [-0.2, 0) is 27.7 Å². The number of ether oxygens (including phenoxy) is 1. The van der Waals surface area contributed by atoms with Crippen LogP contribution in [0.2, 0.25) is 0 Å². The Kier molecular flexibility index (Phi) is 5.84. The van der Waals surface area contributed by atoms with Gasteiger partial charge in [-0.1, -0.05) is 5.16 Å². The fourth-order valence-corrected chi connectivity index (χ4v) is 2.23. The molecule has 2 rings (SSSR count). The van der Waals surface area contributed by atoms with Crippen molar-refractivity contribution in [3.63, 3.8) is 0 Å². The fourth-order valence-electron chi connectivity index (χ4n) is 1.72. The van der Waals surface area contributed by atoms with Gasteiger partial charge < -0.3 is 19.9 Å². The van der Waals surface area contributed by atoms with Gasteiger partial charge in [0.05, 0.1) is 24.5 Å². The van der Waals surface area contributed by atoms with Crippen molar-refractivity contribution < 1.29 is 22.5 Å². The smallest absolute Gasteiger partial charge is 0.319 e. The zero-order chi connectivity index (χ0) is 17.6. The highest BCUT2D eigenvalue weighted by Crippen LogP contribution is 2.12. The topological polar surface area (TPSA) is 149 Å². The van der Waals surface area contributed by atoms with Crippen molar-refractivity contribution >= 4 is 21.7 Å². The fraction of sp³-hybridized carbons (Fsp3) is 0.308. The van der Waals surface area contributed by atoms with Crippen molar-refractivity contribution in [2.75, 3.05) is 19.0 Å². The minimum Gasteiger partial charge on any atom is -0.384 e. The van der Waals surface area contributed by atoms with Crippen molar-refractivity contribution in [1.29, 1.82) is 0 Å². The monoisotopic (exact) mass is 355 g/mol. The van der Waals surface area contributed by atoms with Crippen LogP contribution >= 0.6 is 0 Å². The molecule has 2 aromatic rings. The first-order valence-electron chi connectivity index (χ1n) is 6.86. The van der Waals surface area contributed by atoms with Gasteiger partial charge in [-0.2, -0.15) is 4.98 Å². The molecule has 0 atom stereocenters. The van der Waals surface area contributed by atoms with Gasteiger partial charge in [0.25, 0.3) is 0 Å². The Hall–Kier alpha value is -2.50. The molecular weight excluding hydrogens is 338 g/mol. The molecule has 24 heavy (non-hydrogen) atoms. The average molecular weight is 355 g/mol. The van der Waals surface area contributed by atoms with Crippen LogP contribution in [0.1, 0.15) is 11.7 Å². The zero-order valence-corrected chi connectivity index (χ0v) is 13.7. The largest absolute Gasteiger partial charge is 0.384 e. The summed E-state index contributed by atoms with van der Waals surface area (Å²) in [7, 11) is -2.19. The van der Waals surface area contributed by atoms with E-state index in [1.54, 1.807) is 7.11 Å². The van der Waals surface area contributed by atoms with Crippen LogP contribution in [-0.4, -0.2) is 38.3 Å². The second kappa shape index (κ2) is 7.86. The molecule has 0 aliphatic heterocycles. The Morgan fingerprint density at radius 2 is 2.04 bits per heavy atom. The summed E-state index contributed by atoms with van der Waals surface area (Å²) < 4.78 is 32.2. The standard InChI is InChI=1S/C13H17N5O5S/c1-22-7-6-12-17-11(18-23-12)8-15-13(19)16-9-2-4-10(5-3-9)24(14,20)21/h2-5H,6-8H2,1H3,(H2,14,20,21)(H2,15,16,19). The second-order valence-electron chi connectivity index (χ2n) is 4.72. The molecule has 4 N–H and O–H groups in total. The molecule has 0 bridgehead atoms. The number of methoxy groups -OCH3 is 1. The number of nitrogens with zero attached hydrogens (tertiary/aromatic N) is 2. The second-order valence-corrected chi connectivity index (χ2v) is 6.29. The highest BCUT2D eigenvalue weighted by Gasteiger charge is 2.10. The summed E-state index contributed by atoms with van der Waals surface area (Å²) in [6.45, 7) is 0.543.